The molecule has 0 saturated carbocycles. The van der Waals surface area contributed by atoms with Gasteiger partial charge in [0, 0.05) is 17.4 Å². The number of amides is 1. The summed E-state index contributed by atoms with van der Waals surface area (Å²) < 4.78 is 12.5. The van der Waals surface area contributed by atoms with Gasteiger partial charge in [0.25, 0.3) is 0 Å². The monoisotopic (exact) mass is 353 g/mol. The zero-order valence-electron chi connectivity index (χ0n) is 12.6. The van der Waals surface area contributed by atoms with Crippen molar-refractivity contribution in [2.75, 3.05) is 13.2 Å². The SMILES string of the molecule is CC(C)(C)OC(=O)N1CCOC2Cc3cc(Br)ccc3C21. The third-order valence-corrected chi connectivity index (χ3v) is 4.32. The van der Waals surface area contributed by atoms with E-state index in [-0.39, 0.29) is 18.2 Å². The fourth-order valence-corrected chi connectivity index (χ4v) is 3.46. The summed E-state index contributed by atoms with van der Waals surface area (Å²) >= 11 is 3.50. The largest absolute Gasteiger partial charge is 0.444 e. The molecule has 0 spiro atoms. The molecular formula is C16H20BrNO3. The molecule has 0 aromatic heterocycles. The summed E-state index contributed by atoms with van der Waals surface area (Å²) in [5.41, 5.74) is 1.94. The van der Waals surface area contributed by atoms with Crippen LogP contribution in [0.4, 0.5) is 4.79 Å². The third-order valence-electron chi connectivity index (χ3n) is 3.82. The van der Waals surface area contributed by atoms with Gasteiger partial charge in [-0.05, 0) is 44.0 Å². The highest BCUT2D eigenvalue weighted by molar-refractivity contribution is 9.10. The highest BCUT2D eigenvalue weighted by Gasteiger charge is 2.43. The van der Waals surface area contributed by atoms with Gasteiger partial charge in [-0.2, -0.15) is 0 Å². The first kappa shape index (κ1) is 14.9. The molecule has 3 rings (SSSR count). The summed E-state index contributed by atoms with van der Waals surface area (Å²) in [4.78, 5) is 14.3. The highest BCUT2D eigenvalue weighted by Crippen LogP contribution is 2.41. The number of benzene rings is 1. The second-order valence-electron chi connectivity index (χ2n) is 6.58. The predicted molar refractivity (Wildman–Crippen MR) is 83.3 cm³/mol. The molecule has 1 fully saturated rings. The normalized spacial score (nSPS) is 24.5. The number of hydrogen-bond donors (Lipinski definition) is 0. The molecule has 1 aromatic carbocycles. The van der Waals surface area contributed by atoms with Gasteiger partial charge in [-0.3, -0.25) is 4.90 Å². The summed E-state index contributed by atoms with van der Waals surface area (Å²) in [5.74, 6) is 0. The standard InChI is InChI=1S/C16H20BrNO3/c1-16(2,3)21-15(19)18-6-7-20-13-9-10-8-11(17)4-5-12(10)14(13)18/h4-5,8,13-14H,6-7,9H2,1-3H3. The van der Waals surface area contributed by atoms with E-state index in [1.165, 1.54) is 11.1 Å². The minimum atomic E-state index is -0.480. The lowest BCUT2D eigenvalue weighted by atomic mass is 10.1. The summed E-state index contributed by atoms with van der Waals surface area (Å²) in [6.45, 7) is 6.81. The van der Waals surface area contributed by atoms with Crippen molar-refractivity contribution in [3.05, 3.63) is 33.8 Å². The minimum Gasteiger partial charge on any atom is -0.444 e. The molecule has 1 aliphatic heterocycles. The van der Waals surface area contributed by atoms with Crippen molar-refractivity contribution in [1.29, 1.82) is 0 Å². The zero-order chi connectivity index (χ0) is 15.2. The van der Waals surface area contributed by atoms with Gasteiger partial charge in [-0.25, -0.2) is 4.79 Å². The molecule has 1 aliphatic carbocycles. The first-order valence-corrected chi connectivity index (χ1v) is 8.04. The Morgan fingerprint density at radius 1 is 1.43 bits per heavy atom. The summed E-state index contributed by atoms with van der Waals surface area (Å²) in [7, 11) is 0. The van der Waals surface area contributed by atoms with Gasteiger partial charge in [-0.1, -0.05) is 22.0 Å². The Morgan fingerprint density at radius 3 is 2.90 bits per heavy atom. The van der Waals surface area contributed by atoms with Crippen molar-refractivity contribution >= 4 is 22.0 Å². The molecule has 2 atom stereocenters. The van der Waals surface area contributed by atoms with Gasteiger partial charge in [0.1, 0.15) is 5.60 Å². The van der Waals surface area contributed by atoms with E-state index in [0.717, 1.165) is 10.9 Å². The summed E-state index contributed by atoms with van der Waals surface area (Å²) in [6, 6.07) is 6.18. The van der Waals surface area contributed by atoms with Gasteiger partial charge >= 0.3 is 6.09 Å². The average molecular weight is 354 g/mol. The van der Waals surface area contributed by atoms with Crippen LogP contribution in [0.25, 0.3) is 0 Å². The van der Waals surface area contributed by atoms with Crippen LogP contribution < -0.4 is 0 Å². The zero-order valence-corrected chi connectivity index (χ0v) is 14.1. The fourth-order valence-electron chi connectivity index (χ4n) is 3.05. The van der Waals surface area contributed by atoms with E-state index >= 15 is 0 Å². The Kier molecular flexibility index (Phi) is 3.74. The summed E-state index contributed by atoms with van der Waals surface area (Å²) in [5, 5.41) is 0. The highest BCUT2D eigenvalue weighted by atomic mass is 79.9. The summed E-state index contributed by atoms with van der Waals surface area (Å²) in [6.07, 6.45) is 0.630. The predicted octanol–water partition coefficient (Wildman–Crippen LogP) is 3.68. The number of halogens is 1. The fraction of sp³-hybridized carbons (Fsp3) is 0.562. The lowest BCUT2D eigenvalue weighted by Crippen LogP contribution is -2.48. The Labute approximate surface area is 133 Å². The van der Waals surface area contributed by atoms with E-state index in [0.29, 0.717) is 13.2 Å². The van der Waals surface area contributed by atoms with Crippen LogP contribution in [-0.4, -0.2) is 35.8 Å². The maximum Gasteiger partial charge on any atom is 0.410 e. The average Bonchev–Trinajstić information content (AvgIpc) is 2.73. The molecule has 2 aliphatic rings. The van der Waals surface area contributed by atoms with Crippen LogP contribution in [0.3, 0.4) is 0 Å². The van der Waals surface area contributed by atoms with E-state index in [1.54, 1.807) is 0 Å². The van der Waals surface area contributed by atoms with Crippen LogP contribution in [0.1, 0.15) is 37.9 Å². The number of morpholine rings is 1. The lowest BCUT2D eigenvalue weighted by Gasteiger charge is -2.38. The number of hydrogen-bond acceptors (Lipinski definition) is 3. The number of rotatable bonds is 0. The molecule has 4 nitrogen and oxygen atoms in total. The van der Waals surface area contributed by atoms with Crippen LogP contribution in [0, 0.1) is 0 Å². The van der Waals surface area contributed by atoms with E-state index in [4.69, 9.17) is 9.47 Å². The van der Waals surface area contributed by atoms with Crippen molar-refractivity contribution in [2.45, 2.75) is 44.9 Å². The van der Waals surface area contributed by atoms with Gasteiger partial charge in [0.05, 0.1) is 18.8 Å². The smallest absolute Gasteiger partial charge is 0.410 e. The molecule has 1 heterocycles. The van der Waals surface area contributed by atoms with Crippen LogP contribution >= 0.6 is 15.9 Å². The molecule has 0 radical (unpaired) electrons. The van der Waals surface area contributed by atoms with Crippen LogP contribution in [0.5, 0.6) is 0 Å². The molecule has 5 heteroatoms. The second kappa shape index (κ2) is 5.29. The van der Waals surface area contributed by atoms with Gasteiger partial charge in [-0.15, -0.1) is 0 Å². The Morgan fingerprint density at radius 2 is 2.19 bits per heavy atom. The molecule has 0 N–H and O–H groups in total. The third kappa shape index (κ3) is 2.94. The molecule has 21 heavy (non-hydrogen) atoms. The maximum absolute atomic E-state index is 12.5. The maximum atomic E-state index is 12.5. The Balaban J connectivity index is 1.89. The lowest BCUT2D eigenvalue weighted by molar-refractivity contribution is -0.0697. The number of ether oxygens (including phenoxy) is 2. The van der Waals surface area contributed by atoms with E-state index in [9.17, 15) is 4.79 Å². The van der Waals surface area contributed by atoms with Crippen molar-refractivity contribution in [3.63, 3.8) is 0 Å². The Hall–Kier alpha value is -1.07. The van der Waals surface area contributed by atoms with Crippen LogP contribution in [0.2, 0.25) is 0 Å². The topological polar surface area (TPSA) is 38.8 Å². The number of carbonyl (C=O) groups excluding carboxylic acids is 1. The number of nitrogens with zero attached hydrogens (tertiary/aromatic N) is 1. The molecule has 1 amide bonds. The second-order valence-corrected chi connectivity index (χ2v) is 7.49. The van der Waals surface area contributed by atoms with E-state index in [1.807, 2.05) is 31.7 Å². The first-order valence-electron chi connectivity index (χ1n) is 7.25. The van der Waals surface area contributed by atoms with E-state index in [2.05, 4.69) is 28.1 Å². The van der Waals surface area contributed by atoms with Gasteiger partial charge in [0.2, 0.25) is 0 Å². The molecule has 1 aromatic rings. The van der Waals surface area contributed by atoms with Crippen molar-refractivity contribution in [2.24, 2.45) is 0 Å². The Bertz CT molecular complexity index is 567. The minimum absolute atomic E-state index is 0.0308. The van der Waals surface area contributed by atoms with Crippen LogP contribution in [0.15, 0.2) is 22.7 Å². The van der Waals surface area contributed by atoms with Crippen LogP contribution in [-0.2, 0) is 15.9 Å². The number of carbonyl (C=O) groups is 1. The van der Waals surface area contributed by atoms with Crippen molar-refractivity contribution in [3.8, 4) is 0 Å². The molecule has 2 unspecified atom stereocenters. The molecule has 0 bridgehead atoms. The number of fused-ring (bicyclic) bond motifs is 3. The van der Waals surface area contributed by atoms with Crippen molar-refractivity contribution in [1.82, 2.24) is 4.90 Å². The van der Waals surface area contributed by atoms with Gasteiger partial charge in [0.15, 0.2) is 0 Å². The van der Waals surface area contributed by atoms with Gasteiger partial charge < -0.3 is 9.47 Å². The quantitative estimate of drug-likeness (QED) is 0.713. The molecule has 114 valence electrons. The molecule has 1 saturated heterocycles. The first-order chi connectivity index (χ1) is 9.85. The van der Waals surface area contributed by atoms with Crippen molar-refractivity contribution < 1.29 is 14.3 Å². The molecular weight excluding hydrogens is 334 g/mol. The van der Waals surface area contributed by atoms with E-state index < -0.39 is 5.60 Å².